The fourth-order valence-corrected chi connectivity index (χ4v) is 2.51. The first-order valence-electron chi connectivity index (χ1n) is 6.38. The minimum absolute atomic E-state index is 0.0300. The molecule has 106 valence electrons. The van der Waals surface area contributed by atoms with Gasteiger partial charge in [0.05, 0.1) is 0 Å². The zero-order valence-electron chi connectivity index (χ0n) is 11.6. The maximum Gasteiger partial charge on any atom is 0.257 e. The lowest BCUT2D eigenvalue weighted by molar-refractivity contribution is -0.122. The van der Waals surface area contributed by atoms with Gasteiger partial charge in [0.15, 0.2) is 6.61 Å². The summed E-state index contributed by atoms with van der Waals surface area (Å²) in [4.78, 5) is 11.5. The Kier molecular flexibility index (Phi) is 6.31. The van der Waals surface area contributed by atoms with E-state index in [1.54, 1.807) is 0 Å². The highest BCUT2D eigenvalue weighted by molar-refractivity contribution is 9.10. The number of nitrogens with two attached hydrogens (primary N) is 1. The number of carbonyl (C=O) groups excluding carboxylic acids is 1. The van der Waals surface area contributed by atoms with E-state index in [-0.39, 0.29) is 18.6 Å². The van der Waals surface area contributed by atoms with Crippen LogP contribution >= 0.6 is 15.9 Å². The van der Waals surface area contributed by atoms with Gasteiger partial charge in [0.25, 0.3) is 5.91 Å². The van der Waals surface area contributed by atoms with Crippen molar-refractivity contribution in [2.24, 2.45) is 5.73 Å². The van der Waals surface area contributed by atoms with Crippen molar-refractivity contribution in [2.75, 3.05) is 13.2 Å². The Labute approximate surface area is 122 Å². The predicted octanol–water partition coefficient (Wildman–Crippen LogP) is 2.16. The van der Waals surface area contributed by atoms with Crippen LogP contribution in [0.25, 0.3) is 0 Å². The topological polar surface area (TPSA) is 64.3 Å². The Bertz CT molecular complexity index is 447. The number of hydrogen-bond donors (Lipinski definition) is 2. The highest BCUT2D eigenvalue weighted by Crippen LogP contribution is 2.29. The summed E-state index contributed by atoms with van der Waals surface area (Å²) in [5.74, 6) is 0.642. The number of amides is 1. The summed E-state index contributed by atoms with van der Waals surface area (Å²) < 4.78 is 6.64. The molecule has 1 aromatic rings. The van der Waals surface area contributed by atoms with Gasteiger partial charge in [-0.15, -0.1) is 0 Å². The monoisotopic (exact) mass is 328 g/mol. The van der Waals surface area contributed by atoms with Gasteiger partial charge in [0.1, 0.15) is 5.75 Å². The number of benzene rings is 1. The van der Waals surface area contributed by atoms with Gasteiger partial charge < -0.3 is 15.8 Å². The van der Waals surface area contributed by atoms with Crippen molar-refractivity contribution < 1.29 is 9.53 Å². The van der Waals surface area contributed by atoms with Crippen LogP contribution in [-0.2, 0) is 11.2 Å². The molecular formula is C14H21BrN2O2. The molecule has 0 saturated carbocycles. The second-order valence-electron chi connectivity index (χ2n) is 4.63. The molecule has 1 rings (SSSR count). The second kappa shape index (κ2) is 7.50. The number of rotatable bonds is 6. The molecule has 0 spiro atoms. The van der Waals surface area contributed by atoms with E-state index in [1.807, 2.05) is 32.9 Å². The van der Waals surface area contributed by atoms with Gasteiger partial charge in [-0.1, -0.05) is 15.9 Å². The first-order chi connectivity index (χ1) is 8.93. The molecule has 0 bridgehead atoms. The molecule has 1 aromatic carbocycles. The number of ether oxygens (including phenoxy) is 1. The van der Waals surface area contributed by atoms with Gasteiger partial charge in [0, 0.05) is 17.1 Å². The van der Waals surface area contributed by atoms with Gasteiger partial charge in [-0.2, -0.15) is 0 Å². The minimum atomic E-state index is -0.114. The molecule has 0 aliphatic heterocycles. The molecule has 1 unspecified atom stereocenters. The van der Waals surface area contributed by atoms with Crippen LogP contribution in [0.1, 0.15) is 25.0 Å². The summed E-state index contributed by atoms with van der Waals surface area (Å²) in [7, 11) is 0. The number of hydrogen-bond acceptors (Lipinski definition) is 3. The van der Waals surface area contributed by atoms with E-state index in [0.717, 1.165) is 21.3 Å². The van der Waals surface area contributed by atoms with Crippen molar-refractivity contribution in [1.29, 1.82) is 0 Å². The van der Waals surface area contributed by atoms with Gasteiger partial charge in [-0.05, 0) is 50.5 Å². The lowest BCUT2D eigenvalue weighted by atomic mass is 10.0. The Morgan fingerprint density at radius 1 is 1.53 bits per heavy atom. The summed E-state index contributed by atoms with van der Waals surface area (Å²) in [5.41, 5.74) is 7.86. The molecule has 0 aliphatic rings. The van der Waals surface area contributed by atoms with Crippen LogP contribution in [0.15, 0.2) is 16.6 Å². The Balaban J connectivity index is 2.88. The largest absolute Gasteiger partial charge is 0.483 e. The van der Waals surface area contributed by atoms with Crippen LogP contribution in [0.2, 0.25) is 0 Å². The summed E-state index contributed by atoms with van der Waals surface area (Å²) in [6, 6.07) is 4.00. The maximum absolute atomic E-state index is 11.5. The molecule has 1 amide bonds. The van der Waals surface area contributed by atoms with Crippen molar-refractivity contribution in [3.8, 4) is 5.75 Å². The van der Waals surface area contributed by atoms with Crippen LogP contribution < -0.4 is 15.8 Å². The highest BCUT2D eigenvalue weighted by Gasteiger charge is 2.12. The summed E-state index contributed by atoms with van der Waals surface area (Å²) in [6.07, 6.45) is 0.713. The van der Waals surface area contributed by atoms with E-state index in [4.69, 9.17) is 10.5 Å². The SMILES string of the molecule is CCNC(=O)COc1c(C)cc(Br)cc1CC(C)N. The molecule has 3 N–H and O–H groups in total. The van der Waals surface area contributed by atoms with Crippen molar-refractivity contribution in [1.82, 2.24) is 5.32 Å². The standard InChI is InChI=1S/C14H21BrN2O2/c1-4-17-13(18)8-19-14-9(2)5-12(15)7-11(14)6-10(3)16/h5,7,10H,4,6,8,16H2,1-3H3,(H,17,18). The maximum atomic E-state index is 11.5. The molecule has 1 atom stereocenters. The van der Waals surface area contributed by atoms with Crippen LogP contribution in [0.3, 0.4) is 0 Å². The van der Waals surface area contributed by atoms with E-state index in [2.05, 4.69) is 21.2 Å². The summed E-state index contributed by atoms with van der Waals surface area (Å²) in [6.45, 7) is 6.42. The van der Waals surface area contributed by atoms with E-state index in [0.29, 0.717) is 13.0 Å². The number of likely N-dealkylation sites (N-methyl/N-ethyl adjacent to an activating group) is 1. The molecular weight excluding hydrogens is 308 g/mol. The number of nitrogens with one attached hydrogen (secondary N) is 1. The quantitative estimate of drug-likeness (QED) is 0.841. The van der Waals surface area contributed by atoms with E-state index < -0.39 is 0 Å². The number of halogens is 1. The molecule has 0 fully saturated rings. The van der Waals surface area contributed by atoms with Gasteiger partial charge in [-0.3, -0.25) is 4.79 Å². The van der Waals surface area contributed by atoms with Crippen LogP contribution in [0.5, 0.6) is 5.75 Å². The Hall–Kier alpha value is -1.07. The van der Waals surface area contributed by atoms with Gasteiger partial charge in [-0.25, -0.2) is 0 Å². The van der Waals surface area contributed by atoms with Gasteiger partial charge in [0.2, 0.25) is 0 Å². The third-order valence-corrected chi connectivity index (χ3v) is 3.04. The van der Waals surface area contributed by atoms with Crippen molar-refractivity contribution in [3.05, 3.63) is 27.7 Å². The fourth-order valence-electron chi connectivity index (χ4n) is 1.89. The molecule has 0 aromatic heterocycles. The first-order valence-corrected chi connectivity index (χ1v) is 7.17. The lowest BCUT2D eigenvalue weighted by Crippen LogP contribution is -2.29. The normalized spacial score (nSPS) is 12.1. The third kappa shape index (κ3) is 5.20. The van der Waals surface area contributed by atoms with Crippen molar-refractivity contribution >= 4 is 21.8 Å². The van der Waals surface area contributed by atoms with Crippen LogP contribution in [0, 0.1) is 6.92 Å². The molecule has 0 heterocycles. The zero-order valence-corrected chi connectivity index (χ0v) is 13.2. The zero-order chi connectivity index (χ0) is 14.4. The van der Waals surface area contributed by atoms with E-state index in [9.17, 15) is 4.79 Å². The molecule has 5 heteroatoms. The number of carbonyl (C=O) groups is 1. The number of aryl methyl sites for hydroxylation is 1. The molecule has 0 aliphatic carbocycles. The van der Waals surface area contributed by atoms with Crippen molar-refractivity contribution in [2.45, 2.75) is 33.2 Å². The highest BCUT2D eigenvalue weighted by atomic mass is 79.9. The predicted molar refractivity (Wildman–Crippen MR) is 80.4 cm³/mol. The van der Waals surface area contributed by atoms with Crippen LogP contribution in [0.4, 0.5) is 0 Å². The fraction of sp³-hybridized carbons (Fsp3) is 0.500. The van der Waals surface area contributed by atoms with E-state index in [1.165, 1.54) is 0 Å². The molecule has 0 saturated heterocycles. The summed E-state index contributed by atoms with van der Waals surface area (Å²) in [5, 5.41) is 2.71. The Morgan fingerprint density at radius 3 is 2.79 bits per heavy atom. The van der Waals surface area contributed by atoms with Gasteiger partial charge >= 0.3 is 0 Å². The average molecular weight is 329 g/mol. The molecule has 19 heavy (non-hydrogen) atoms. The summed E-state index contributed by atoms with van der Waals surface area (Å²) >= 11 is 3.47. The molecule has 0 radical (unpaired) electrons. The first kappa shape index (κ1) is 16.0. The average Bonchev–Trinajstić information content (AvgIpc) is 2.27. The van der Waals surface area contributed by atoms with E-state index >= 15 is 0 Å². The lowest BCUT2D eigenvalue weighted by Gasteiger charge is -2.16. The molecule has 4 nitrogen and oxygen atoms in total. The minimum Gasteiger partial charge on any atom is -0.483 e. The third-order valence-electron chi connectivity index (χ3n) is 2.58. The van der Waals surface area contributed by atoms with Crippen molar-refractivity contribution in [3.63, 3.8) is 0 Å². The smallest absolute Gasteiger partial charge is 0.257 e. The second-order valence-corrected chi connectivity index (χ2v) is 5.55. The van der Waals surface area contributed by atoms with Crippen LogP contribution in [-0.4, -0.2) is 25.1 Å². The Morgan fingerprint density at radius 2 is 2.21 bits per heavy atom.